The van der Waals surface area contributed by atoms with Crippen molar-refractivity contribution in [1.29, 1.82) is 0 Å². The van der Waals surface area contributed by atoms with E-state index in [1.807, 2.05) is 57.2 Å². The zero-order valence-electron chi connectivity index (χ0n) is 77.7. The summed E-state index contributed by atoms with van der Waals surface area (Å²) in [5.41, 5.74) is 24.4. The van der Waals surface area contributed by atoms with Crippen molar-refractivity contribution in [2.75, 3.05) is 42.2 Å². The Bertz CT molecular complexity index is 4240. The number of nitro groups is 1. The van der Waals surface area contributed by atoms with Gasteiger partial charge in [-0.3, -0.25) is 10.1 Å². The summed E-state index contributed by atoms with van der Waals surface area (Å²) in [5.74, 6) is 10.8. The van der Waals surface area contributed by atoms with Crippen LogP contribution in [0.15, 0.2) is 170 Å². The lowest BCUT2D eigenvalue weighted by atomic mass is 9.84. The predicted octanol–water partition coefficient (Wildman–Crippen LogP) is 31.4. The second kappa shape index (κ2) is 52.9. The van der Waals surface area contributed by atoms with Gasteiger partial charge >= 0.3 is 0 Å². The Kier molecular flexibility index (Phi) is 48.0. The van der Waals surface area contributed by atoms with Crippen molar-refractivity contribution in [1.82, 2.24) is 0 Å². The molecule has 0 saturated carbocycles. The van der Waals surface area contributed by atoms with Gasteiger partial charge in [0, 0.05) is 16.7 Å². The first-order valence-electron chi connectivity index (χ1n) is 41.6. The minimum Gasteiger partial charge on any atom is -0.497 e. The van der Waals surface area contributed by atoms with Crippen LogP contribution in [0.4, 0.5) is 5.69 Å². The Morgan fingerprint density at radius 1 is 0.342 bits per heavy atom. The molecule has 0 radical (unpaired) electrons. The van der Waals surface area contributed by atoms with Gasteiger partial charge in [0.15, 0.2) is 0 Å². The summed E-state index contributed by atoms with van der Waals surface area (Å²) in [6.07, 6.45) is 2.23. The number of hydrogen-bond donors (Lipinski definition) is 0. The summed E-state index contributed by atoms with van der Waals surface area (Å²) >= 11 is 6.04. The van der Waals surface area contributed by atoms with Crippen LogP contribution in [0.2, 0.25) is 5.02 Å². The van der Waals surface area contributed by atoms with Gasteiger partial charge in [-0.2, -0.15) is 0 Å². The van der Waals surface area contributed by atoms with E-state index in [1.54, 1.807) is 47.7 Å². The zero-order chi connectivity index (χ0) is 87.0. The molecule has 0 atom stereocenters. The molecule has 114 heavy (non-hydrogen) atoms. The van der Waals surface area contributed by atoms with E-state index in [9.17, 15) is 10.1 Å². The first kappa shape index (κ1) is 103. The standard InChI is InChI=1S/C14H22O.C13H20.C12H18O.C12H18.C11H15ClO.C11H16O.C11H16.C10H13NO3.C10H14O/c1-10(2)12-9-11(14(3,4)5)7-8-13(12)15-6;1-9(2)12-7-6-11(5)13(8-12)10(3)4;1-5-10-6-7-12(13-4)11(8-10)9(2)3;1-5-11-7-6-10(4)12(8-11)9(2)3;1-4-13-9-5-6-11(12)10(7-9)8(2)3;1-8(2)10-7-9(3)5-6-11(10)12-4;1-8(2)11-7-9(3)5-6-10(11)4;1-7(2)9-6-8(14-3)4-5-10(9)11(12)13;1-8(2)9-5-4-6-10(7-9)11-3/h7-10H,1-6H3;6-10H,1-5H3;6-9H,5H2,1-4H3;6-9H,5H2,1-4H3;5-8H,4H2,1-3H3;5-8H,1-4H3;5-8H,1-4H3;4-7H,1-3H3;4-8H,1-3H3. The Morgan fingerprint density at radius 2 is 0.702 bits per heavy atom. The number of rotatable bonds is 20. The molecular formula is C104H152ClNO8. The second-order valence-electron chi connectivity index (χ2n) is 33.5. The van der Waals surface area contributed by atoms with Gasteiger partial charge in [-0.1, -0.05) is 299 Å². The number of aryl methyl sites for hydroxylation is 7. The lowest BCUT2D eigenvalue weighted by Gasteiger charge is -2.22. The van der Waals surface area contributed by atoms with Gasteiger partial charge < -0.3 is 28.4 Å². The summed E-state index contributed by atoms with van der Waals surface area (Å²) in [7, 11) is 8.42. The first-order chi connectivity index (χ1) is 53.4. The molecule has 9 aromatic carbocycles. The molecule has 0 unspecified atom stereocenters. The molecule has 0 spiro atoms. The van der Waals surface area contributed by atoms with E-state index in [0.29, 0.717) is 71.2 Å². The Hall–Kier alpha value is -8.53. The largest absolute Gasteiger partial charge is 0.497 e. The molecule has 0 saturated heterocycles. The average molecular weight is 1580 g/mol. The molecule has 628 valence electrons. The monoisotopic (exact) mass is 1580 g/mol. The first-order valence-corrected chi connectivity index (χ1v) is 41.9. The number of nitrogens with zero attached hydrogens (tertiary/aromatic N) is 1. The summed E-state index contributed by atoms with van der Waals surface area (Å²) in [6.45, 7) is 68.1. The number of hydrogen-bond acceptors (Lipinski definition) is 8. The molecule has 0 aliphatic heterocycles. The van der Waals surface area contributed by atoms with Gasteiger partial charge in [-0.25, -0.2) is 0 Å². The third-order valence-electron chi connectivity index (χ3n) is 19.8. The van der Waals surface area contributed by atoms with Crippen LogP contribution in [0.3, 0.4) is 0 Å². The minimum absolute atomic E-state index is 0.116. The smallest absolute Gasteiger partial charge is 0.273 e. The molecule has 0 bridgehead atoms. The molecule has 9 aromatic rings. The third kappa shape index (κ3) is 36.5. The fourth-order valence-electron chi connectivity index (χ4n) is 12.5. The number of ether oxygens (including phenoxy) is 6. The number of methoxy groups -OCH3 is 5. The van der Waals surface area contributed by atoms with Gasteiger partial charge in [0.2, 0.25) is 0 Å². The molecule has 0 fully saturated rings. The minimum atomic E-state index is -0.366. The van der Waals surface area contributed by atoms with Crippen LogP contribution in [-0.2, 0) is 18.3 Å². The van der Waals surface area contributed by atoms with Crippen molar-refractivity contribution in [3.05, 3.63) is 285 Å². The van der Waals surface area contributed by atoms with Gasteiger partial charge in [0.25, 0.3) is 5.69 Å². The van der Waals surface area contributed by atoms with E-state index in [0.717, 1.165) is 52.2 Å². The molecule has 10 heteroatoms. The molecule has 0 N–H and O–H groups in total. The van der Waals surface area contributed by atoms with Crippen molar-refractivity contribution in [2.45, 2.75) is 292 Å². The lowest BCUT2D eigenvalue weighted by Crippen LogP contribution is -2.11. The Balaban J connectivity index is 0.000000642. The van der Waals surface area contributed by atoms with Crippen LogP contribution < -0.4 is 28.4 Å². The lowest BCUT2D eigenvalue weighted by molar-refractivity contribution is -0.385. The third-order valence-corrected chi connectivity index (χ3v) is 20.1. The van der Waals surface area contributed by atoms with E-state index in [4.69, 9.17) is 40.0 Å². The van der Waals surface area contributed by atoms with Crippen LogP contribution in [0, 0.1) is 44.7 Å². The van der Waals surface area contributed by atoms with Crippen LogP contribution in [0.5, 0.6) is 34.5 Å². The maximum absolute atomic E-state index is 10.7. The summed E-state index contributed by atoms with van der Waals surface area (Å²) in [4.78, 5) is 10.3. The predicted molar refractivity (Wildman–Crippen MR) is 496 cm³/mol. The highest BCUT2D eigenvalue weighted by atomic mass is 35.5. The number of halogens is 1. The maximum Gasteiger partial charge on any atom is 0.273 e. The Morgan fingerprint density at radius 3 is 1.12 bits per heavy atom. The molecule has 9 nitrogen and oxygen atoms in total. The quantitative estimate of drug-likeness (QED) is 0.0550. The van der Waals surface area contributed by atoms with Crippen molar-refractivity contribution in [3.8, 4) is 34.5 Å². The molecule has 9 rings (SSSR count). The van der Waals surface area contributed by atoms with E-state index in [1.165, 1.54) is 95.1 Å². The summed E-state index contributed by atoms with van der Waals surface area (Å²) in [5, 5.41) is 11.5. The normalized spacial score (nSPS) is 10.8. The zero-order valence-corrected chi connectivity index (χ0v) is 78.4. The average Bonchev–Trinajstić information content (AvgIpc) is 0.809. The molecule has 0 aromatic heterocycles. The highest BCUT2D eigenvalue weighted by molar-refractivity contribution is 6.31. The van der Waals surface area contributed by atoms with Crippen LogP contribution >= 0.6 is 11.6 Å². The molecule has 0 heterocycles. The van der Waals surface area contributed by atoms with Crippen LogP contribution in [-0.4, -0.2) is 47.1 Å². The SMILES string of the molecule is CCOc1ccc(Cl)c(C(C)C)c1.CCc1ccc(C)c(C(C)C)c1.CCc1ccc(OC)c(C(C)C)c1.COc1ccc(C(C)(C)C)cc1C(C)C.COc1ccc(C)cc1C(C)C.COc1ccc([N+](=O)[O-])c(C(C)C)c1.COc1cccc(C(C)C)c1.Cc1ccc(C(C)C)cc1C(C)C.Cc1ccc(C)c(C(C)C)c1. The molecule has 0 aliphatic carbocycles. The highest BCUT2D eigenvalue weighted by Gasteiger charge is 2.19. The van der Waals surface area contributed by atoms with Gasteiger partial charge in [0.1, 0.15) is 34.5 Å². The van der Waals surface area contributed by atoms with Gasteiger partial charge in [-0.15, -0.1) is 0 Å². The maximum atomic E-state index is 10.7. The van der Waals surface area contributed by atoms with Gasteiger partial charge in [-0.05, 0) is 263 Å². The summed E-state index contributed by atoms with van der Waals surface area (Å²) in [6, 6.07) is 58.3. The molecule has 0 aliphatic rings. The fourth-order valence-corrected chi connectivity index (χ4v) is 12.8. The van der Waals surface area contributed by atoms with Crippen molar-refractivity contribution in [3.63, 3.8) is 0 Å². The van der Waals surface area contributed by atoms with E-state index in [-0.39, 0.29) is 21.9 Å². The van der Waals surface area contributed by atoms with Crippen molar-refractivity contribution in [2.24, 2.45) is 0 Å². The second-order valence-corrected chi connectivity index (χ2v) is 33.9. The van der Waals surface area contributed by atoms with E-state index in [2.05, 4.69) is 309 Å². The van der Waals surface area contributed by atoms with Crippen LogP contribution in [0.1, 0.15) is 339 Å². The highest BCUT2D eigenvalue weighted by Crippen LogP contribution is 2.35. The number of nitro benzene ring substituents is 1. The molecule has 0 amide bonds. The molecular weight excluding hydrogens is 1430 g/mol. The van der Waals surface area contributed by atoms with E-state index >= 15 is 0 Å². The topological polar surface area (TPSA) is 98.5 Å². The van der Waals surface area contributed by atoms with Crippen LogP contribution in [0.25, 0.3) is 0 Å². The summed E-state index contributed by atoms with van der Waals surface area (Å²) < 4.78 is 31.5. The van der Waals surface area contributed by atoms with Crippen molar-refractivity contribution < 1.29 is 33.3 Å². The van der Waals surface area contributed by atoms with Gasteiger partial charge in [0.05, 0.1) is 47.1 Å². The van der Waals surface area contributed by atoms with Crippen molar-refractivity contribution >= 4 is 17.3 Å². The van der Waals surface area contributed by atoms with E-state index < -0.39 is 0 Å². The Labute approximate surface area is 700 Å². The number of benzene rings is 9. The fraction of sp³-hybridized carbons (Fsp3) is 0.481.